The van der Waals surface area contributed by atoms with Crippen LogP contribution in [0.2, 0.25) is 0 Å². The second-order valence-corrected chi connectivity index (χ2v) is 5.04. The maximum absolute atomic E-state index is 13.4. The lowest BCUT2D eigenvalue weighted by Crippen LogP contribution is -2.46. The molecule has 94 valence electrons. The molecule has 0 saturated carbocycles. The predicted molar refractivity (Wildman–Crippen MR) is 68.0 cm³/mol. The summed E-state index contributed by atoms with van der Waals surface area (Å²) in [5, 5.41) is 0. The molecule has 2 nitrogen and oxygen atoms in total. The van der Waals surface area contributed by atoms with E-state index in [0.717, 1.165) is 0 Å². The zero-order valence-corrected chi connectivity index (χ0v) is 11.3. The fraction of sp³-hybridized carbons (Fsp3) is 0.462. The molecular formula is C13H17ClFNO. The Morgan fingerprint density at radius 3 is 2.53 bits per heavy atom. The summed E-state index contributed by atoms with van der Waals surface area (Å²) < 4.78 is 13.4. The van der Waals surface area contributed by atoms with Crippen molar-refractivity contribution in [3.63, 3.8) is 0 Å². The Labute approximate surface area is 106 Å². The molecule has 1 amide bonds. The third kappa shape index (κ3) is 2.97. The van der Waals surface area contributed by atoms with E-state index in [1.54, 1.807) is 26.1 Å². The number of nitrogens with zero attached hydrogens (tertiary/aromatic N) is 1. The van der Waals surface area contributed by atoms with Crippen molar-refractivity contribution in [1.29, 1.82) is 0 Å². The van der Waals surface area contributed by atoms with E-state index in [1.807, 2.05) is 13.8 Å². The maximum Gasteiger partial charge on any atom is 0.254 e. The first-order valence-electron chi connectivity index (χ1n) is 5.40. The minimum atomic E-state index is -0.458. The van der Waals surface area contributed by atoms with Gasteiger partial charge in [-0.05, 0) is 38.5 Å². The number of benzene rings is 1. The van der Waals surface area contributed by atoms with Gasteiger partial charge >= 0.3 is 0 Å². The predicted octanol–water partition coefficient (Wildman–Crippen LogP) is 3.22. The van der Waals surface area contributed by atoms with Gasteiger partial charge in [-0.1, -0.05) is 6.07 Å². The lowest BCUT2D eigenvalue weighted by atomic mass is 10.0. The third-order valence-electron chi connectivity index (χ3n) is 2.96. The van der Waals surface area contributed by atoms with Crippen LogP contribution < -0.4 is 0 Å². The van der Waals surface area contributed by atoms with Crippen molar-refractivity contribution in [3.8, 4) is 0 Å². The van der Waals surface area contributed by atoms with Gasteiger partial charge < -0.3 is 4.90 Å². The fourth-order valence-corrected chi connectivity index (χ4v) is 1.46. The largest absolute Gasteiger partial charge is 0.335 e. The second-order valence-electron chi connectivity index (χ2n) is 4.77. The Morgan fingerprint density at radius 2 is 2.06 bits per heavy atom. The van der Waals surface area contributed by atoms with E-state index in [9.17, 15) is 9.18 Å². The molecule has 1 rings (SSSR count). The summed E-state index contributed by atoms with van der Waals surface area (Å²) in [5.74, 6) is -0.272. The number of hydrogen-bond donors (Lipinski definition) is 0. The van der Waals surface area contributed by atoms with Gasteiger partial charge in [0, 0.05) is 18.5 Å². The molecule has 0 unspecified atom stereocenters. The van der Waals surface area contributed by atoms with E-state index in [1.165, 1.54) is 11.0 Å². The molecule has 0 fully saturated rings. The van der Waals surface area contributed by atoms with Crippen molar-refractivity contribution in [2.75, 3.05) is 12.9 Å². The van der Waals surface area contributed by atoms with Crippen molar-refractivity contribution >= 4 is 17.5 Å². The van der Waals surface area contributed by atoms with Gasteiger partial charge in [-0.15, -0.1) is 11.6 Å². The molecule has 0 aromatic heterocycles. The molecule has 17 heavy (non-hydrogen) atoms. The molecule has 0 N–H and O–H groups in total. The zero-order chi connectivity index (χ0) is 13.2. The monoisotopic (exact) mass is 257 g/mol. The van der Waals surface area contributed by atoms with Crippen LogP contribution in [0, 0.1) is 12.7 Å². The van der Waals surface area contributed by atoms with Crippen molar-refractivity contribution in [2.45, 2.75) is 26.3 Å². The van der Waals surface area contributed by atoms with Gasteiger partial charge in [0.05, 0.1) is 5.54 Å². The van der Waals surface area contributed by atoms with Crippen molar-refractivity contribution in [1.82, 2.24) is 4.90 Å². The van der Waals surface area contributed by atoms with Crippen molar-refractivity contribution in [2.24, 2.45) is 0 Å². The van der Waals surface area contributed by atoms with E-state index >= 15 is 0 Å². The molecule has 4 heteroatoms. The number of hydrogen-bond acceptors (Lipinski definition) is 1. The first-order chi connectivity index (χ1) is 7.79. The van der Waals surface area contributed by atoms with Gasteiger partial charge in [0.25, 0.3) is 5.91 Å². The van der Waals surface area contributed by atoms with E-state index in [2.05, 4.69) is 0 Å². The Kier molecular flexibility index (Phi) is 4.15. The Bertz CT molecular complexity index is 431. The Balaban J connectivity index is 3.01. The van der Waals surface area contributed by atoms with E-state index in [-0.39, 0.29) is 11.7 Å². The van der Waals surface area contributed by atoms with Gasteiger partial charge in [0.15, 0.2) is 0 Å². The van der Waals surface area contributed by atoms with Crippen LogP contribution in [0.1, 0.15) is 29.8 Å². The van der Waals surface area contributed by atoms with Crippen LogP contribution in [0.5, 0.6) is 0 Å². The highest BCUT2D eigenvalue weighted by Crippen LogP contribution is 2.18. The van der Waals surface area contributed by atoms with E-state index in [0.29, 0.717) is 17.0 Å². The molecule has 0 heterocycles. The molecule has 0 atom stereocenters. The highest BCUT2D eigenvalue weighted by Gasteiger charge is 2.27. The second kappa shape index (κ2) is 5.05. The molecule has 0 aliphatic carbocycles. The third-order valence-corrected chi connectivity index (χ3v) is 3.61. The average molecular weight is 258 g/mol. The standard InChI is InChI=1S/C13H17ClFNO/c1-9-5-6-10(7-11(9)15)12(17)16(4)13(2,3)8-14/h5-7H,8H2,1-4H3. The van der Waals surface area contributed by atoms with Crippen LogP contribution >= 0.6 is 11.6 Å². The molecule has 0 aliphatic rings. The van der Waals surface area contributed by atoms with E-state index in [4.69, 9.17) is 11.6 Å². The first-order valence-corrected chi connectivity index (χ1v) is 5.93. The molecule has 0 bridgehead atoms. The molecule has 0 aliphatic heterocycles. The van der Waals surface area contributed by atoms with Crippen LogP contribution in [0.4, 0.5) is 4.39 Å². The van der Waals surface area contributed by atoms with Gasteiger partial charge in [-0.2, -0.15) is 0 Å². The van der Waals surface area contributed by atoms with Crippen LogP contribution in [0.3, 0.4) is 0 Å². The zero-order valence-electron chi connectivity index (χ0n) is 10.6. The fourth-order valence-electron chi connectivity index (χ4n) is 1.28. The highest BCUT2D eigenvalue weighted by molar-refractivity contribution is 6.18. The van der Waals surface area contributed by atoms with Gasteiger partial charge in [-0.25, -0.2) is 4.39 Å². The summed E-state index contributed by atoms with van der Waals surface area (Å²) in [4.78, 5) is 13.6. The molecular weight excluding hydrogens is 241 g/mol. The molecule has 1 aromatic rings. The average Bonchev–Trinajstić information content (AvgIpc) is 2.30. The number of alkyl halides is 1. The summed E-state index contributed by atoms with van der Waals surface area (Å²) in [6.07, 6.45) is 0. The van der Waals surface area contributed by atoms with Gasteiger partial charge in [0.1, 0.15) is 5.82 Å². The summed E-state index contributed by atoms with van der Waals surface area (Å²) in [5.41, 5.74) is 0.412. The highest BCUT2D eigenvalue weighted by atomic mass is 35.5. The van der Waals surface area contributed by atoms with Gasteiger partial charge in [0.2, 0.25) is 0 Å². The topological polar surface area (TPSA) is 20.3 Å². The van der Waals surface area contributed by atoms with E-state index < -0.39 is 5.54 Å². The first kappa shape index (κ1) is 14.0. The number of amides is 1. The normalized spacial score (nSPS) is 11.4. The molecule has 0 radical (unpaired) electrons. The van der Waals surface area contributed by atoms with Crippen LogP contribution in [-0.2, 0) is 0 Å². The Morgan fingerprint density at radius 1 is 1.47 bits per heavy atom. The molecule has 0 saturated heterocycles. The number of halogens is 2. The molecule has 1 aromatic carbocycles. The number of carbonyl (C=O) groups excluding carboxylic acids is 1. The van der Waals surface area contributed by atoms with Crippen LogP contribution in [0.15, 0.2) is 18.2 Å². The van der Waals surface area contributed by atoms with Crippen molar-refractivity contribution in [3.05, 3.63) is 35.1 Å². The minimum Gasteiger partial charge on any atom is -0.335 e. The van der Waals surface area contributed by atoms with Crippen molar-refractivity contribution < 1.29 is 9.18 Å². The van der Waals surface area contributed by atoms with Crippen LogP contribution in [-0.4, -0.2) is 29.3 Å². The Hall–Kier alpha value is -1.09. The lowest BCUT2D eigenvalue weighted by Gasteiger charge is -2.34. The quantitative estimate of drug-likeness (QED) is 0.762. The SMILES string of the molecule is Cc1ccc(C(=O)N(C)C(C)(C)CCl)cc1F. The molecule has 0 spiro atoms. The lowest BCUT2D eigenvalue weighted by molar-refractivity contribution is 0.0659. The smallest absolute Gasteiger partial charge is 0.254 e. The maximum atomic E-state index is 13.4. The number of aryl methyl sites for hydroxylation is 1. The number of carbonyl (C=O) groups is 1. The van der Waals surface area contributed by atoms with Gasteiger partial charge in [-0.3, -0.25) is 4.79 Å². The minimum absolute atomic E-state index is 0.227. The summed E-state index contributed by atoms with van der Waals surface area (Å²) >= 11 is 5.81. The number of rotatable bonds is 3. The summed E-state index contributed by atoms with van der Waals surface area (Å²) in [7, 11) is 1.67. The summed E-state index contributed by atoms with van der Waals surface area (Å²) in [6, 6.07) is 4.49. The summed E-state index contributed by atoms with van der Waals surface area (Å²) in [6.45, 7) is 5.39. The van der Waals surface area contributed by atoms with Crippen LogP contribution in [0.25, 0.3) is 0 Å².